The predicted molar refractivity (Wildman–Crippen MR) is 110 cm³/mol. The summed E-state index contributed by atoms with van der Waals surface area (Å²) in [5, 5.41) is 6.01. The number of rotatable bonds is 5. The van der Waals surface area contributed by atoms with Crippen LogP contribution in [0.15, 0.2) is 48.5 Å². The molecule has 0 aromatic heterocycles. The van der Waals surface area contributed by atoms with E-state index in [2.05, 4.69) is 10.6 Å². The number of urea groups is 1. The van der Waals surface area contributed by atoms with Gasteiger partial charge in [0, 0.05) is 30.4 Å². The number of piperidine rings is 1. The zero-order valence-electron chi connectivity index (χ0n) is 16.4. The van der Waals surface area contributed by atoms with E-state index >= 15 is 0 Å². The number of anilines is 1. The number of hydrogen-bond acceptors (Lipinski definition) is 3. The third kappa shape index (κ3) is 5.03. The number of likely N-dealkylation sites (tertiary alicyclic amines) is 1. The van der Waals surface area contributed by atoms with Crippen molar-refractivity contribution in [3.05, 3.63) is 59.7 Å². The predicted octanol–water partition coefficient (Wildman–Crippen LogP) is 3.82. The standard InChI is InChI=1S/C22H27N3O3/c1-3-28-19-10-8-17(9-11-19)24-22(27)25-14-12-18(13-15-25)23-21(26)20-7-5-4-6-16(20)2/h4-11,18H,3,12-15H2,1-2H3,(H,23,26)(H,24,27). The van der Waals surface area contributed by atoms with Gasteiger partial charge in [0.15, 0.2) is 0 Å². The maximum absolute atomic E-state index is 12.5. The lowest BCUT2D eigenvalue weighted by Gasteiger charge is -2.32. The molecular formula is C22H27N3O3. The number of hydrogen-bond donors (Lipinski definition) is 2. The van der Waals surface area contributed by atoms with Crippen LogP contribution in [0.4, 0.5) is 10.5 Å². The molecule has 148 valence electrons. The van der Waals surface area contributed by atoms with Crippen LogP contribution >= 0.6 is 0 Å². The van der Waals surface area contributed by atoms with Crippen molar-refractivity contribution in [3.8, 4) is 5.75 Å². The SMILES string of the molecule is CCOc1ccc(NC(=O)N2CCC(NC(=O)c3ccccc3C)CC2)cc1. The second-order valence-corrected chi connectivity index (χ2v) is 6.94. The van der Waals surface area contributed by atoms with Crippen LogP contribution in [-0.4, -0.2) is 42.6 Å². The van der Waals surface area contributed by atoms with E-state index in [1.807, 2.05) is 62.4 Å². The number of amides is 3. The fourth-order valence-electron chi connectivity index (χ4n) is 3.32. The molecule has 0 radical (unpaired) electrons. The van der Waals surface area contributed by atoms with Gasteiger partial charge in [-0.15, -0.1) is 0 Å². The van der Waals surface area contributed by atoms with Crippen molar-refractivity contribution in [2.45, 2.75) is 32.7 Å². The first-order chi connectivity index (χ1) is 13.6. The highest BCUT2D eigenvalue weighted by atomic mass is 16.5. The van der Waals surface area contributed by atoms with Gasteiger partial charge in [-0.25, -0.2) is 4.79 Å². The van der Waals surface area contributed by atoms with Crippen LogP contribution in [0.2, 0.25) is 0 Å². The van der Waals surface area contributed by atoms with Gasteiger partial charge in [-0.1, -0.05) is 18.2 Å². The Hall–Kier alpha value is -3.02. The van der Waals surface area contributed by atoms with E-state index in [-0.39, 0.29) is 18.0 Å². The van der Waals surface area contributed by atoms with Gasteiger partial charge in [-0.3, -0.25) is 4.79 Å². The number of aryl methyl sites for hydroxylation is 1. The first-order valence-electron chi connectivity index (χ1n) is 9.72. The van der Waals surface area contributed by atoms with E-state index in [9.17, 15) is 9.59 Å². The molecule has 0 atom stereocenters. The van der Waals surface area contributed by atoms with Crippen molar-refractivity contribution in [1.82, 2.24) is 10.2 Å². The second-order valence-electron chi connectivity index (χ2n) is 6.94. The number of benzene rings is 2. The Kier molecular flexibility index (Phi) is 6.53. The molecule has 3 amide bonds. The summed E-state index contributed by atoms with van der Waals surface area (Å²) in [6, 6.07) is 14.9. The van der Waals surface area contributed by atoms with Gasteiger partial charge >= 0.3 is 6.03 Å². The van der Waals surface area contributed by atoms with Gasteiger partial charge in [0.1, 0.15) is 5.75 Å². The highest BCUT2D eigenvalue weighted by Gasteiger charge is 2.24. The van der Waals surface area contributed by atoms with Crippen LogP contribution in [0.5, 0.6) is 5.75 Å². The molecule has 1 heterocycles. The molecule has 0 bridgehead atoms. The number of ether oxygens (including phenoxy) is 1. The normalized spacial score (nSPS) is 14.4. The third-order valence-electron chi connectivity index (χ3n) is 4.92. The average molecular weight is 381 g/mol. The molecule has 6 nitrogen and oxygen atoms in total. The maximum Gasteiger partial charge on any atom is 0.321 e. The van der Waals surface area contributed by atoms with Gasteiger partial charge < -0.3 is 20.3 Å². The maximum atomic E-state index is 12.5. The smallest absolute Gasteiger partial charge is 0.321 e. The molecule has 28 heavy (non-hydrogen) atoms. The molecule has 2 N–H and O–H groups in total. The topological polar surface area (TPSA) is 70.7 Å². The summed E-state index contributed by atoms with van der Waals surface area (Å²) in [4.78, 5) is 26.7. The lowest BCUT2D eigenvalue weighted by atomic mass is 10.0. The third-order valence-corrected chi connectivity index (χ3v) is 4.92. The monoisotopic (exact) mass is 381 g/mol. The van der Waals surface area contributed by atoms with Crippen molar-refractivity contribution in [2.75, 3.05) is 25.0 Å². The van der Waals surface area contributed by atoms with E-state index in [4.69, 9.17) is 4.74 Å². The van der Waals surface area contributed by atoms with E-state index in [1.165, 1.54) is 0 Å². The zero-order valence-corrected chi connectivity index (χ0v) is 16.4. The van der Waals surface area contributed by atoms with Crippen molar-refractivity contribution in [2.24, 2.45) is 0 Å². The van der Waals surface area contributed by atoms with Crippen molar-refractivity contribution in [1.29, 1.82) is 0 Å². The summed E-state index contributed by atoms with van der Waals surface area (Å²) in [6.07, 6.45) is 1.49. The highest BCUT2D eigenvalue weighted by molar-refractivity contribution is 5.95. The summed E-state index contributed by atoms with van der Waals surface area (Å²) in [6.45, 7) is 5.70. The summed E-state index contributed by atoms with van der Waals surface area (Å²) < 4.78 is 5.41. The van der Waals surface area contributed by atoms with Crippen LogP contribution in [0, 0.1) is 6.92 Å². The van der Waals surface area contributed by atoms with E-state index in [0.717, 1.165) is 29.8 Å². The number of carbonyl (C=O) groups is 2. The molecular weight excluding hydrogens is 354 g/mol. The summed E-state index contributed by atoms with van der Waals surface area (Å²) in [5.41, 5.74) is 2.41. The van der Waals surface area contributed by atoms with E-state index in [1.54, 1.807) is 4.90 Å². The zero-order chi connectivity index (χ0) is 19.9. The fourth-order valence-corrected chi connectivity index (χ4v) is 3.32. The second kappa shape index (κ2) is 9.26. The Balaban J connectivity index is 1.47. The Morgan fingerprint density at radius 1 is 1.07 bits per heavy atom. The first-order valence-corrected chi connectivity index (χ1v) is 9.72. The average Bonchev–Trinajstić information content (AvgIpc) is 2.70. The Labute approximate surface area is 165 Å². The fraction of sp³-hybridized carbons (Fsp3) is 0.364. The van der Waals surface area contributed by atoms with Gasteiger partial charge in [0.2, 0.25) is 0 Å². The Bertz CT molecular complexity index is 812. The van der Waals surface area contributed by atoms with E-state index in [0.29, 0.717) is 25.3 Å². The molecule has 1 aliphatic heterocycles. The van der Waals surface area contributed by atoms with Crippen LogP contribution in [0.25, 0.3) is 0 Å². The van der Waals surface area contributed by atoms with Crippen molar-refractivity contribution < 1.29 is 14.3 Å². The van der Waals surface area contributed by atoms with Crippen LogP contribution in [0.1, 0.15) is 35.7 Å². The minimum Gasteiger partial charge on any atom is -0.494 e. The summed E-state index contributed by atoms with van der Waals surface area (Å²) in [5.74, 6) is 0.737. The largest absolute Gasteiger partial charge is 0.494 e. The van der Waals surface area contributed by atoms with Gasteiger partial charge in [0.25, 0.3) is 5.91 Å². The molecule has 0 saturated carbocycles. The molecule has 1 saturated heterocycles. The lowest BCUT2D eigenvalue weighted by Crippen LogP contribution is -2.47. The molecule has 0 aliphatic carbocycles. The quantitative estimate of drug-likeness (QED) is 0.827. The van der Waals surface area contributed by atoms with E-state index < -0.39 is 0 Å². The number of nitrogens with one attached hydrogen (secondary N) is 2. The molecule has 6 heteroatoms. The first kappa shape index (κ1) is 19.7. The minimum absolute atomic E-state index is 0.0459. The Morgan fingerprint density at radius 3 is 2.39 bits per heavy atom. The molecule has 0 spiro atoms. The van der Waals surface area contributed by atoms with Gasteiger partial charge in [0.05, 0.1) is 6.61 Å². The van der Waals surface area contributed by atoms with Crippen molar-refractivity contribution in [3.63, 3.8) is 0 Å². The summed E-state index contributed by atoms with van der Waals surface area (Å²) >= 11 is 0. The van der Waals surface area contributed by atoms with Crippen molar-refractivity contribution >= 4 is 17.6 Å². The van der Waals surface area contributed by atoms with Crippen LogP contribution in [0.3, 0.4) is 0 Å². The molecule has 3 rings (SSSR count). The van der Waals surface area contributed by atoms with Crippen LogP contribution < -0.4 is 15.4 Å². The van der Waals surface area contributed by atoms with Crippen LogP contribution in [-0.2, 0) is 0 Å². The molecule has 0 unspecified atom stereocenters. The Morgan fingerprint density at radius 2 is 1.75 bits per heavy atom. The molecule has 1 aliphatic rings. The number of nitrogens with zero attached hydrogens (tertiary/aromatic N) is 1. The summed E-state index contributed by atoms with van der Waals surface area (Å²) in [7, 11) is 0. The molecule has 2 aromatic rings. The minimum atomic E-state index is -0.118. The highest BCUT2D eigenvalue weighted by Crippen LogP contribution is 2.18. The van der Waals surface area contributed by atoms with Gasteiger partial charge in [-0.2, -0.15) is 0 Å². The molecule has 2 aromatic carbocycles. The lowest BCUT2D eigenvalue weighted by molar-refractivity contribution is 0.0918. The number of carbonyl (C=O) groups excluding carboxylic acids is 2. The van der Waals surface area contributed by atoms with Gasteiger partial charge in [-0.05, 0) is 62.6 Å². The molecule has 1 fully saturated rings.